The van der Waals surface area contributed by atoms with Crippen LogP contribution in [0.25, 0.3) is 10.9 Å². The smallest absolute Gasteiger partial charge is 0.334 e. The van der Waals surface area contributed by atoms with Gasteiger partial charge in [-0.15, -0.1) is 0 Å². The maximum absolute atomic E-state index is 12.6. The molecule has 22 heavy (non-hydrogen) atoms. The summed E-state index contributed by atoms with van der Waals surface area (Å²) in [5.41, 5.74) is 1.34. The number of carbonyl (C=O) groups is 2. The van der Waals surface area contributed by atoms with Crippen LogP contribution in [0.3, 0.4) is 0 Å². The van der Waals surface area contributed by atoms with Gasteiger partial charge in [0.25, 0.3) is 5.91 Å². The molecule has 2 aromatic rings. The van der Waals surface area contributed by atoms with Crippen LogP contribution < -0.4 is 0 Å². The number of nitrogens with zero attached hydrogens (tertiary/aromatic N) is 2. The van der Waals surface area contributed by atoms with Gasteiger partial charge in [-0.3, -0.25) is 9.78 Å². The molecular weight excluding hydrogens is 284 g/mol. The van der Waals surface area contributed by atoms with E-state index in [0.717, 1.165) is 10.9 Å². The number of ether oxygens (including phenoxy) is 1. The number of benzene rings is 1. The second kappa shape index (κ2) is 5.73. The third-order valence-electron chi connectivity index (χ3n) is 3.67. The van der Waals surface area contributed by atoms with Crippen LogP contribution >= 0.6 is 0 Å². The Bertz CT molecular complexity index is 731. The van der Waals surface area contributed by atoms with Crippen LogP contribution in [0.2, 0.25) is 0 Å². The van der Waals surface area contributed by atoms with E-state index in [9.17, 15) is 9.59 Å². The van der Waals surface area contributed by atoms with E-state index in [1.54, 1.807) is 31.3 Å². The Balaban J connectivity index is 1.86. The quantitative estimate of drug-likeness (QED) is 0.910. The number of amides is 1. The van der Waals surface area contributed by atoms with E-state index >= 15 is 0 Å². The van der Waals surface area contributed by atoms with E-state index in [0.29, 0.717) is 12.1 Å². The van der Waals surface area contributed by atoms with Gasteiger partial charge in [0.15, 0.2) is 6.10 Å². The van der Waals surface area contributed by atoms with Crippen LogP contribution in [-0.4, -0.2) is 52.2 Å². The molecule has 1 aromatic carbocycles. The number of carboxylic acid groups (broad SMARTS) is 1. The molecular formula is C16H16N2O4. The van der Waals surface area contributed by atoms with Crippen LogP contribution in [-0.2, 0) is 9.53 Å². The highest BCUT2D eigenvalue weighted by atomic mass is 16.5. The summed E-state index contributed by atoms with van der Waals surface area (Å²) in [5, 5.41) is 9.98. The number of aliphatic carboxylic acids is 1. The van der Waals surface area contributed by atoms with E-state index in [4.69, 9.17) is 9.84 Å². The van der Waals surface area contributed by atoms with Crippen molar-refractivity contribution in [3.63, 3.8) is 0 Å². The topological polar surface area (TPSA) is 79.7 Å². The number of aromatic nitrogens is 1. The molecule has 2 heterocycles. The number of hydrogen-bond donors (Lipinski definition) is 1. The fourth-order valence-electron chi connectivity index (χ4n) is 2.64. The monoisotopic (exact) mass is 300 g/mol. The molecule has 1 fully saturated rings. The van der Waals surface area contributed by atoms with E-state index in [1.165, 1.54) is 4.90 Å². The van der Waals surface area contributed by atoms with Crippen molar-refractivity contribution in [1.29, 1.82) is 0 Å². The first-order valence-corrected chi connectivity index (χ1v) is 7.07. The highest BCUT2D eigenvalue weighted by molar-refractivity contribution is 5.98. The Morgan fingerprint density at radius 1 is 1.32 bits per heavy atom. The number of carboxylic acids is 1. The second-order valence-corrected chi connectivity index (χ2v) is 5.39. The third kappa shape index (κ3) is 2.78. The highest BCUT2D eigenvalue weighted by Crippen LogP contribution is 2.18. The summed E-state index contributed by atoms with van der Waals surface area (Å²) in [6.07, 6.45) is 0.418. The Labute approximate surface area is 127 Å². The molecule has 3 rings (SSSR count). The van der Waals surface area contributed by atoms with E-state index in [2.05, 4.69) is 4.98 Å². The Kier molecular flexibility index (Phi) is 3.77. The van der Waals surface area contributed by atoms with E-state index in [1.807, 2.05) is 12.1 Å². The second-order valence-electron chi connectivity index (χ2n) is 5.39. The highest BCUT2D eigenvalue weighted by Gasteiger charge is 2.33. The summed E-state index contributed by atoms with van der Waals surface area (Å²) in [4.78, 5) is 29.5. The molecule has 1 amide bonds. The van der Waals surface area contributed by atoms with Gasteiger partial charge in [0.2, 0.25) is 0 Å². The Morgan fingerprint density at radius 3 is 2.91 bits per heavy atom. The average molecular weight is 300 g/mol. The molecule has 1 aliphatic heterocycles. The summed E-state index contributed by atoms with van der Waals surface area (Å²) >= 11 is 0. The Morgan fingerprint density at radius 2 is 2.14 bits per heavy atom. The predicted octanol–water partition coefficient (Wildman–Crippen LogP) is 1.55. The van der Waals surface area contributed by atoms with Crippen LogP contribution in [0.5, 0.6) is 0 Å². The van der Waals surface area contributed by atoms with Crippen molar-refractivity contribution in [2.24, 2.45) is 0 Å². The van der Waals surface area contributed by atoms with Crippen molar-refractivity contribution in [3.05, 3.63) is 42.1 Å². The number of morpholine rings is 1. The minimum atomic E-state index is -1.05. The summed E-state index contributed by atoms with van der Waals surface area (Å²) in [6, 6.07) is 8.99. The summed E-state index contributed by atoms with van der Waals surface area (Å²) in [7, 11) is 0. The number of rotatable bonds is 2. The molecule has 0 spiro atoms. The lowest BCUT2D eigenvalue weighted by molar-refractivity contribution is -0.160. The minimum Gasteiger partial charge on any atom is -0.479 e. The lowest BCUT2D eigenvalue weighted by atomic mass is 10.1. The Hall–Kier alpha value is -2.47. The van der Waals surface area contributed by atoms with Gasteiger partial charge in [0, 0.05) is 23.7 Å². The molecule has 1 aromatic heterocycles. The minimum absolute atomic E-state index is 0.0591. The molecule has 0 bridgehead atoms. The normalized spacial score (nSPS) is 21.8. The van der Waals surface area contributed by atoms with E-state index < -0.39 is 12.1 Å². The first-order chi connectivity index (χ1) is 10.5. The number of carbonyl (C=O) groups excluding carboxylic acids is 1. The van der Waals surface area contributed by atoms with Gasteiger partial charge in [-0.05, 0) is 31.2 Å². The van der Waals surface area contributed by atoms with Gasteiger partial charge >= 0.3 is 5.97 Å². The SMILES string of the molecule is C[C@@H]1CN(C(=O)c2ccc3ncccc3c2)CC(C(=O)O)O1. The van der Waals surface area contributed by atoms with Crippen LogP contribution in [0, 0.1) is 0 Å². The van der Waals surface area contributed by atoms with Gasteiger partial charge in [0.1, 0.15) is 0 Å². The predicted molar refractivity (Wildman–Crippen MR) is 79.6 cm³/mol. The number of pyridine rings is 1. The standard InChI is InChI=1S/C16H16N2O4/c1-10-8-18(9-14(22-10)16(20)21)15(19)12-4-5-13-11(7-12)3-2-6-17-13/h2-7,10,14H,8-9H2,1H3,(H,20,21)/t10-,14?/m1/s1. The maximum Gasteiger partial charge on any atom is 0.334 e. The zero-order chi connectivity index (χ0) is 15.7. The van der Waals surface area contributed by atoms with Crippen LogP contribution in [0.1, 0.15) is 17.3 Å². The molecule has 6 nitrogen and oxygen atoms in total. The molecule has 6 heteroatoms. The first kappa shape index (κ1) is 14.5. The molecule has 1 N–H and O–H groups in total. The first-order valence-electron chi connectivity index (χ1n) is 7.07. The summed E-state index contributed by atoms with van der Waals surface area (Å²) in [5.74, 6) is -1.24. The van der Waals surface area contributed by atoms with Gasteiger partial charge in [-0.1, -0.05) is 6.07 Å². The van der Waals surface area contributed by atoms with Crippen LogP contribution in [0.4, 0.5) is 0 Å². The molecule has 0 radical (unpaired) electrons. The fourth-order valence-corrected chi connectivity index (χ4v) is 2.64. The maximum atomic E-state index is 12.6. The average Bonchev–Trinajstić information content (AvgIpc) is 2.53. The third-order valence-corrected chi connectivity index (χ3v) is 3.67. The molecule has 1 saturated heterocycles. The molecule has 114 valence electrons. The van der Waals surface area contributed by atoms with Crippen molar-refractivity contribution in [2.45, 2.75) is 19.1 Å². The molecule has 0 saturated carbocycles. The van der Waals surface area contributed by atoms with Crippen molar-refractivity contribution >= 4 is 22.8 Å². The van der Waals surface area contributed by atoms with Gasteiger partial charge in [-0.2, -0.15) is 0 Å². The van der Waals surface area contributed by atoms with Gasteiger partial charge in [-0.25, -0.2) is 4.79 Å². The molecule has 2 atom stereocenters. The van der Waals surface area contributed by atoms with Crippen molar-refractivity contribution < 1.29 is 19.4 Å². The fraction of sp³-hybridized carbons (Fsp3) is 0.312. The molecule has 1 aliphatic rings. The van der Waals surface area contributed by atoms with Crippen molar-refractivity contribution in [2.75, 3.05) is 13.1 Å². The van der Waals surface area contributed by atoms with Crippen molar-refractivity contribution in [1.82, 2.24) is 9.88 Å². The van der Waals surface area contributed by atoms with Crippen LogP contribution in [0.15, 0.2) is 36.5 Å². The largest absolute Gasteiger partial charge is 0.479 e. The lowest BCUT2D eigenvalue weighted by Crippen LogP contribution is -2.51. The van der Waals surface area contributed by atoms with Gasteiger partial charge in [0.05, 0.1) is 18.2 Å². The molecule has 1 unspecified atom stereocenters. The zero-order valence-electron chi connectivity index (χ0n) is 12.1. The number of hydrogen-bond acceptors (Lipinski definition) is 4. The lowest BCUT2D eigenvalue weighted by Gasteiger charge is -2.35. The van der Waals surface area contributed by atoms with E-state index in [-0.39, 0.29) is 18.6 Å². The van der Waals surface area contributed by atoms with Gasteiger partial charge < -0.3 is 14.7 Å². The molecule has 0 aliphatic carbocycles. The summed E-state index contributed by atoms with van der Waals surface area (Å²) < 4.78 is 5.33. The number of fused-ring (bicyclic) bond motifs is 1. The van der Waals surface area contributed by atoms with Crippen molar-refractivity contribution in [3.8, 4) is 0 Å². The summed E-state index contributed by atoms with van der Waals surface area (Å²) in [6.45, 7) is 2.21. The zero-order valence-corrected chi connectivity index (χ0v) is 12.1.